The number of hydroxylamine groups is 1. The first kappa shape index (κ1) is 34.0. The van der Waals surface area contributed by atoms with Gasteiger partial charge in [0.2, 0.25) is 5.91 Å². The highest BCUT2D eigenvalue weighted by molar-refractivity contribution is 6.02. The minimum Gasteiger partial charge on any atom is -0.494 e. The molecule has 1 fully saturated rings. The number of hydrogen-bond donors (Lipinski definition) is 2. The predicted octanol–water partition coefficient (Wildman–Crippen LogP) is 6.44. The first-order valence-corrected chi connectivity index (χ1v) is 15.0. The molecule has 1 atom stereocenters. The summed E-state index contributed by atoms with van der Waals surface area (Å²) in [4.78, 5) is 31.0. The van der Waals surface area contributed by atoms with Crippen LogP contribution in [0.1, 0.15) is 18.0 Å². The number of rotatable bonds is 13. The number of nitrogens with one attached hydrogen (secondary N) is 2. The minimum atomic E-state index is -0.785. The highest BCUT2D eigenvalue weighted by Crippen LogP contribution is 2.40. The predicted molar refractivity (Wildman–Crippen MR) is 178 cm³/mol. The quantitative estimate of drug-likeness (QED) is 0.155. The highest BCUT2D eigenvalue weighted by Gasteiger charge is 2.30. The van der Waals surface area contributed by atoms with Crippen molar-refractivity contribution in [3.8, 4) is 17.2 Å². The molecule has 1 amide bonds. The smallest absolute Gasteiger partial charge is 0.247 e. The first-order valence-electron chi connectivity index (χ1n) is 15.0. The summed E-state index contributed by atoms with van der Waals surface area (Å²) in [7, 11) is 7.43. The van der Waals surface area contributed by atoms with Gasteiger partial charge in [0.1, 0.15) is 35.3 Å². The molecular weight excluding hydrogens is 627 g/mol. The summed E-state index contributed by atoms with van der Waals surface area (Å²) in [6.07, 6.45) is 3.02. The number of methoxy groups -OCH3 is 1. The summed E-state index contributed by atoms with van der Waals surface area (Å²) in [5, 5.41) is 7.64. The second kappa shape index (κ2) is 15.0. The van der Waals surface area contributed by atoms with Gasteiger partial charge in [0.05, 0.1) is 36.8 Å². The Morgan fingerprint density at radius 3 is 2.58 bits per heavy atom. The van der Waals surface area contributed by atoms with E-state index in [1.807, 2.05) is 32.1 Å². The van der Waals surface area contributed by atoms with Crippen molar-refractivity contribution in [2.75, 3.05) is 68.5 Å². The molecule has 1 saturated heterocycles. The van der Waals surface area contributed by atoms with E-state index in [4.69, 9.17) is 14.3 Å². The van der Waals surface area contributed by atoms with Gasteiger partial charge in [-0.1, -0.05) is 6.58 Å². The van der Waals surface area contributed by atoms with Crippen molar-refractivity contribution < 1.29 is 32.3 Å². The number of carbonyl (C=O) groups is 1. The summed E-state index contributed by atoms with van der Waals surface area (Å²) >= 11 is 0. The van der Waals surface area contributed by atoms with Crippen LogP contribution in [-0.2, 0) is 9.63 Å². The second-order valence-corrected chi connectivity index (χ2v) is 11.2. The van der Waals surface area contributed by atoms with Gasteiger partial charge in [-0.2, -0.15) is 0 Å². The summed E-state index contributed by atoms with van der Waals surface area (Å²) in [5.41, 5.74) is 2.26. The minimum absolute atomic E-state index is 0.00589. The van der Waals surface area contributed by atoms with Crippen molar-refractivity contribution in [3.05, 3.63) is 96.6 Å². The molecule has 0 saturated carbocycles. The summed E-state index contributed by atoms with van der Waals surface area (Å²) in [6, 6.07) is 11.5. The molecule has 5 rings (SSSR count). The Morgan fingerprint density at radius 2 is 1.83 bits per heavy atom. The molecule has 1 aliphatic rings. The lowest BCUT2D eigenvalue weighted by Crippen LogP contribution is -2.29. The molecule has 4 aromatic rings. The zero-order chi connectivity index (χ0) is 34.4. The molecule has 11 nitrogen and oxygen atoms in total. The van der Waals surface area contributed by atoms with Gasteiger partial charge in [0.25, 0.3) is 0 Å². The van der Waals surface area contributed by atoms with Crippen LogP contribution in [0.2, 0.25) is 0 Å². The van der Waals surface area contributed by atoms with Crippen LogP contribution in [0.5, 0.6) is 17.2 Å². The number of halogens is 3. The fourth-order valence-corrected chi connectivity index (χ4v) is 5.10. The van der Waals surface area contributed by atoms with Crippen molar-refractivity contribution >= 4 is 34.6 Å². The summed E-state index contributed by atoms with van der Waals surface area (Å²) in [6.45, 7) is 5.35. The van der Waals surface area contributed by atoms with Gasteiger partial charge in [0.15, 0.2) is 17.4 Å². The van der Waals surface area contributed by atoms with Crippen LogP contribution in [-0.4, -0.2) is 68.7 Å². The van der Waals surface area contributed by atoms with Crippen LogP contribution in [0.4, 0.5) is 41.9 Å². The number of amides is 1. The molecule has 14 heteroatoms. The molecule has 1 unspecified atom stereocenters. The Bertz CT molecular complexity index is 1790. The van der Waals surface area contributed by atoms with Crippen LogP contribution in [0, 0.1) is 17.5 Å². The lowest BCUT2D eigenvalue weighted by molar-refractivity contribution is -0.111. The number of nitrogens with zero attached hydrogens (tertiary/aromatic N) is 5. The second-order valence-electron chi connectivity index (χ2n) is 11.2. The number of hydrogen-bond acceptors (Lipinski definition) is 10. The van der Waals surface area contributed by atoms with E-state index in [9.17, 15) is 18.0 Å². The molecule has 0 bridgehead atoms. The third-order valence-corrected chi connectivity index (χ3v) is 7.50. The van der Waals surface area contributed by atoms with Crippen LogP contribution in [0.25, 0.3) is 0 Å². The van der Waals surface area contributed by atoms with E-state index in [1.165, 1.54) is 23.5 Å². The number of anilines is 5. The van der Waals surface area contributed by atoms with Gasteiger partial charge in [-0.15, -0.1) is 0 Å². The highest BCUT2D eigenvalue weighted by atomic mass is 19.1. The van der Waals surface area contributed by atoms with Gasteiger partial charge in [-0.25, -0.2) is 28.2 Å². The van der Waals surface area contributed by atoms with Gasteiger partial charge < -0.3 is 29.9 Å². The molecule has 1 aromatic heterocycles. The number of carbonyl (C=O) groups excluding carboxylic acids is 1. The normalized spacial score (nSPS) is 14.2. The Labute approximate surface area is 276 Å². The molecule has 1 aliphatic heterocycles. The molecule has 2 N–H and O–H groups in total. The van der Waals surface area contributed by atoms with Gasteiger partial charge in [-0.3, -0.25) is 9.63 Å². The maximum Gasteiger partial charge on any atom is 0.247 e. The maximum absolute atomic E-state index is 14.8. The van der Waals surface area contributed by atoms with Crippen molar-refractivity contribution in [2.24, 2.45) is 0 Å². The van der Waals surface area contributed by atoms with Crippen LogP contribution < -0.4 is 30.1 Å². The van der Waals surface area contributed by atoms with Crippen molar-refractivity contribution in [3.63, 3.8) is 0 Å². The molecule has 3 aromatic carbocycles. The van der Waals surface area contributed by atoms with Crippen LogP contribution in [0.3, 0.4) is 0 Å². The van der Waals surface area contributed by atoms with Crippen molar-refractivity contribution in [2.45, 2.75) is 12.5 Å². The first-order chi connectivity index (χ1) is 23.0. The molecule has 2 heterocycles. The van der Waals surface area contributed by atoms with Crippen molar-refractivity contribution in [1.82, 2.24) is 14.9 Å². The monoisotopic (exact) mass is 663 g/mol. The topological polar surface area (TPSA) is 104 Å². The van der Waals surface area contributed by atoms with E-state index in [2.05, 4.69) is 32.1 Å². The lowest BCUT2D eigenvalue weighted by Gasteiger charge is -2.26. The molecule has 48 heavy (non-hydrogen) atoms. The number of aromatic nitrogens is 2. The SMILES string of the molecule is C=CC(=O)Nc1cc(Nc2cc(N3OCCC3c3cc(F)cc(Oc4cc(F)ccc4F)c3)ncn2)c(OC)cc1N(C)CCN(C)C. The summed E-state index contributed by atoms with van der Waals surface area (Å²) in [5.74, 6) is -1.60. The number of ether oxygens (including phenoxy) is 2. The average Bonchev–Trinajstić information content (AvgIpc) is 3.56. The van der Waals surface area contributed by atoms with E-state index in [0.717, 1.165) is 36.5 Å². The van der Waals surface area contributed by atoms with E-state index in [-0.39, 0.29) is 17.4 Å². The van der Waals surface area contributed by atoms with Gasteiger partial charge in [-0.05, 0) is 56.1 Å². The number of likely N-dealkylation sites (N-methyl/N-ethyl adjacent to an activating group) is 2. The summed E-state index contributed by atoms with van der Waals surface area (Å²) < 4.78 is 53.9. The van der Waals surface area contributed by atoms with Crippen LogP contribution >= 0.6 is 0 Å². The fourth-order valence-electron chi connectivity index (χ4n) is 5.10. The maximum atomic E-state index is 14.8. The Morgan fingerprint density at radius 1 is 1.02 bits per heavy atom. The van der Waals surface area contributed by atoms with Gasteiger partial charge >= 0.3 is 0 Å². The third kappa shape index (κ3) is 8.14. The van der Waals surface area contributed by atoms with E-state index < -0.39 is 23.5 Å². The fraction of sp³-hybridized carbons (Fsp3) is 0.265. The molecule has 252 valence electrons. The zero-order valence-electron chi connectivity index (χ0n) is 27.0. The standard InChI is InChI=1S/C34H36F3N7O4/c1-6-34(45)41-26-17-27(31(46-5)18-29(26)43(4)11-10-42(2)3)40-32-19-33(39-20-38-32)44-28(9-12-47-44)21-13-23(36)15-24(14-21)48-30-16-22(35)7-8-25(30)37/h6-8,13-20,28H,1,9-12H2,2-5H3,(H,41,45)(H,38,39,40). The van der Waals surface area contributed by atoms with Gasteiger partial charge in [0, 0.05) is 50.8 Å². The van der Waals surface area contributed by atoms with E-state index in [0.29, 0.717) is 53.9 Å². The van der Waals surface area contributed by atoms with E-state index >= 15 is 0 Å². The Kier molecular flexibility index (Phi) is 10.7. The largest absolute Gasteiger partial charge is 0.494 e. The van der Waals surface area contributed by atoms with E-state index in [1.54, 1.807) is 25.3 Å². The third-order valence-electron chi connectivity index (χ3n) is 7.50. The Hall–Kier alpha value is -5.34. The Balaban J connectivity index is 1.41. The molecule has 0 spiro atoms. The molecule has 0 aliphatic carbocycles. The molecule has 0 radical (unpaired) electrons. The zero-order valence-corrected chi connectivity index (χ0v) is 27.0. The van der Waals surface area contributed by atoms with Crippen LogP contribution in [0.15, 0.2) is 73.6 Å². The van der Waals surface area contributed by atoms with Crippen molar-refractivity contribution in [1.29, 1.82) is 0 Å². The molecular formula is C34H36F3N7O4. The number of benzene rings is 3. The lowest BCUT2D eigenvalue weighted by atomic mass is 10.0. The average molecular weight is 664 g/mol.